The highest BCUT2D eigenvalue weighted by Gasteiger charge is 2.18. The van der Waals surface area contributed by atoms with Crippen molar-refractivity contribution in [3.05, 3.63) is 0 Å². The number of unbranched alkanes of at least 4 members (excludes halogenated alkanes) is 11. The number of halogens is 1. The molecule has 0 aliphatic carbocycles. The van der Waals surface area contributed by atoms with Gasteiger partial charge in [-0.2, -0.15) is 0 Å². The Morgan fingerprint density at radius 2 is 1.23 bits per heavy atom. The minimum Gasteiger partial charge on any atom is -0.453 e. The van der Waals surface area contributed by atoms with Gasteiger partial charge in [0, 0.05) is 6.92 Å². The van der Waals surface area contributed by atoms with Crippen molar-refractivity contribution < 1.29 is 14.3 Å². The van der Waals surface area contributed by atoms with E-state index in [1.807, 2.05) is 0 Å². The minimum atomic E-state index is -0.762. The fourth-order valence-electron chi connectivity index (χ4n) is 2.59. The number of carbonyl (C=O) groups excluding carboxylic acids is 2. The topological polar surface area (TPSA) is 43.4 Å². The molecule has 1 atom stereocenters. The summed E-state index contributed by atoms with van der Waals surface area (Å²) in [6.45, 7) is 3.55. The lowest BCUT2D eigenvalue weighted by Gasteiger charge is -2.12. The van der Waals surface area contributed by atoms with E-state index in [1.165, 1.54) is 71.1 Å². The summed E-state index contributed by atoms with van der Waals surface area (Å²) in [5.74, 6) is -0.446. The highest BCUT2D eigenvalue weighted by atomic mass is 35.5. The van der Waals surface area contributed by atoms with E-state index in [9.17, 15) is 9.59 Å². The van der Waals surface area contributed by atoms with Crippen LogP contribution in [0.15, 0.2) is 0 Å². The Kier molecular flexibility index (Phi) is 14.9. The molecule has 0 aromatic carbocycles. The van der Waals surface area contributed by atoms with Crippen molar-refractivity contribution >= 4 is 22.8 Å². The Labute approximate surface area is 141 Å². The summed E-state index contributed by atoms with van der Waals surface area (Å²) >= 11 is 5.41. The molecule has 0 bridgehead atoms. The van der Waals surface area contributed by atoms with Crippen LogP contribution in [0.25, 0.3) is 0 Å². The molecular weight excluding hydrogens is 300 g/mol. The van der Waals surface area contributed by atoms with Gasteiger partial charge in [-0.1, -0.05) is 77.6 Å². The number of hydrogen-bond acceptors (Lipinski definition) is 3. The second-order valence-electron chi connectivity index (χ2n) is 6.08. The summed E-state index contributed by atoms with van der Waals surface area (Å²) in [5, 5.41) is -0.571. The molecule has 0 aliphatic rings. The maximum absolute atomic E-state index is 11.1. The van der Waals surface area contributed by atoms with E-state index in [0.717, 1.165) is 12.8 Å². The molecule has 0 aromatic rings. The zero-order chi connectivity index (χ0) is 16.6. The molecule has 3 nitrogen and oxygen atoms in total. The Morgan fingerprint density at radius 1 is 0.818 bits per heavy atom. The predicted molar refractivity (Wildman–Crippen MR) is 92.1 cm³/mol. The Balaban J connectivity index is 3.35. The molecule has 4 heteroatoms. The quantitative estimate of drug-likeness (QED) is 0.217. The summed E-state index contributed by atoms with van der Waals surface area (Å²) < 4.78 is 4.89. The van der Waals surface area contributed by atoms with Gasteiger partial charge in [0.15, 0.2) is 6.10 Å². The Bertz CT molecular complexity index is 292. The molecule has 0 amide bonds. The SMILES string of the molecule is CCCCCCCCCCCCCC[C@@H](OC(C)=O)C(=O)Cl. The molecular formula is C18H33ClO3. The summed E-state index contributed by atoms with van der Waals surface area (Å²) in [6.07, 6.45) is 15.0. The van der Waals surface area contributed by atoms with Crippen LogP contribution in [-0.4, -0.2) is 17.3 Å². The molecule has 0 N–H and O–H groups in total. The van der Waals surface area contributed by atoms with Gasteiger partial charge in [-0.15, -0.1) is 0 Å². The minimum absolute atomic E-state index is 0.446. The van der Waals surface area contributed by atoms with Crippen molar-refractivity contribution in [3.8, 4) is 0 Å². The van der Waals surface area contributed by atoms with Crippen LogP contribution in [0.5, 0.6) is 0 Å². The van der Waals surface area contributed by atoms with Gasteiger partial charge in [0.2, 0.25) is 0 Å². The molecule has 0 radical (unpaired) electrons. The first-order valence-corrected chi connectivity index (χ1v) is 9.32. The molecule has 0 fully saturated rings. The van der Waals surface area contributed by atoms with Crippen molar-refractivity contribution in [2.45, 2.75) is 103 Å². The fourth-order valence-corrected chi connectivity index (χ4v) is 2.74. The van der Waals surface area contributed by atoms with Crippen LogP contribution in [0.2, 0.25) is 0 Å². The van der Waals surface area contributed by atoms with Gasteiger partial charge in [0.25, 0.3) is 5.24 Å². The summed E-state index contributed by atoms with van der Waals surface area (Å²) in [5.41, 5.74) is 0. The molecule has 0 aliphatic heterocycles. The second kappa shape index (κ2) is 15.3. The van der Waals surface area contributed by atoms with Crippen molar-refractivity contribution in [3.63, 3.8) is 0 Å². The first-order valence-electron chi connectivity index (χ1n) is 8.94. The number of ether oxygens (including phenoxy) is 1. The zero-order valence-corrected chi connectivity index (χ0v) is 15.1. The molecule has 0 rings (SSSR count). The molecule has 0 aromatic heterocycles. The number of rotatable bonds is 15. The van der Waals surface area contributed by atoms with Gasteiger partial charge in [-0.25, -0.2) is 0 Å². The highest BCUT2D eigenvalue weighted by Crippen LogP contribution is 2.14. The van der Waals surface area contributed by atoms with E-state index in [1.54, 1.807) is 0 Å². The molecule has 0 saturated heterocycles. The van der Waals surface area contributed by atoms with Crippen LogP contribution in [0, 0.1) is 0 Å². The van der Waals surface area contributed by atoms with Gasteiger partial charge >= 0.3 is 5.97 Å². The average Bonchev–Trinajstić information content (AvgIpc) is 2.46. The summed E-state index contributed by atoms with van der Waals surface area (Å²) in [4.78, 5) is 21.9. The lowest BCUT2D eigenvalue weighted by molar-refractivity contribution is -0.150. The van der Waals surface area contributed by atoms with E-state index in [4.69, 9.17) is 16.3 Å². The third-order valence-corrected chi connectivity index (χ3v) is 4.12. The maximum Gasteiger partial charge on any atom is 0.303 e. The molecule has 22 heavy (non-hydrogen) atoms. The maximum atomic E-state index is 11.1. The van der Waals surface area contributed by atoms with Crippen LogP contribution in [0.4, 0.5) is 0 Å². The Hall–Kier alpha value is -0.570. The summed E-state index contributed by atoms with van der Waals surface area (Å²) in [7, 11) is 0. The van der Waals surface area contributed by atoms with E-state index in [-0.39, 0.29) is 0 Å². The van der Waals surface area contributed by atoms with Crippen molar-refractivity contribution in [1.82, 2.24) is 0 Å². The Morgan fingerprint density at radius 3 is 1.59 bits per heavy atom. The number of hydrogen-bond donors (Lipinski definition) is 0. The van der Waals surface area contributed by atoms with Crippen molar-refractivity contribution in [2.75, 3.05) is 0 Å². The van der Waals surface area contributed by atoms with Crippen LogP contribution in [0.3, 0.4) is 0 Å². The lowest BCUT2D eigenvalue weighted by Crippen LogP contribution is -2.22. The third kappa shape index (κ3) is 14.4. The molecule has 0 saturated carbocycles. The van der Waals surface area contributed by atoms with E-state index in [2.05, 4.69) is 6.92 Å². The average molecular weight is 333 g/mol. The van der Waals surface area contributed by atoms with E-state index in [0.29, 0.717) is 6.42 Å². The fraction of sp³-hybridized carbons (Fsp3) is 0.889. The van der Waals surface area contributed by atoms with Crippen LogP contribution in [0.1, 0.15) is 97.3 Å². The van der Waals surface area contributed by atoms with Crippen molar-refractivity contribution in [2.24, 2.45) is 0 Å². The normalized spacial score (nSPS) is 12.1. The predicted octanol–water partition coefficient (Wildman–Crippen LogP) is 5.77. The van der Waals surface area contributed by atoms with Gasteiger partial charge in [-0.3, -0.25) is 9.59 Å². The molecule has 130 valence electrons. The molecule has 0 unspecified atom stereocenters. The zero-order valence-electron chi connectivity index (χ0n) is 14.4. The summed E-state index contributed by atoms with van der Waals surface area (Å²) in [6, 6.07) is 0. The number of esters is 1. The highest BCUT2D eigenvalue weighted by molar-refractivity contribution is 6.64. The monoisotopic (exact) mass is 332 g/mol. The standard InChI is InChI=1S/C18H33ClO3/c1-3-4-5-6-7-8-9-10-11-12-13-14-15-17(18(19)21)22-16(2)20/h17H,3-15H2,1-2H3/t17-/m1/s1. The lowest BCUT2D eigenvalue weighted by atomic mass is 10.0. The first-order chi connectivity index (χ1) is 10.6. The van der Waals surface area contributed by atoms with Crippen LogP contribution < -0.4 is 0 Å². The smallest absolute Gasteiger partial charge is 0.303 e. The van der Waals surface area contributed by atoms with Crippen LogP contribution >= 0.6 is 11.6 Å². The second-order valence-corrected chi connectivity index (χ2v) is 6.45. The van der Waals surface area contributed by atoms with Gasteiger partial charge < -0.3 is 4.74 Å². The largest absolute Gasteiger partial charge is 0.453 e. The van der Waals surface area contributed by atoms with Gasteiger partial charge in [0.1, 0.15) is 0 Å². The van der Waals surface area contributed by atoms with Gasteiger partial charge in [-0.05, 0) is 24.4 Å². The van der Waals surface area contributed by atoms with E-state index < -0.39 is 17.3 Å². The van der Waals surface area contributed by atoms with E-state index >= 15 is 0 Å². The first kappa shape index (κ1) is 21.4. The molecule has 0 heterocycles. The number of carbonyl (C=O) groups is 2. The van der Waals surface area contributed by atoms with Gasteiger partial charge in [0.05, 0.1) is 0 Å². The molecule has 0 spiro atoms. The van der Waals surface area contributed by atoms with Crippen LogP contribution in [-0.2, 0) is 14.3 Å². The third-order valence-electron chi connectivity index (χ3n) is 3.88. The van der Waals surface area contributed by atoms with Crippen molar-refractivity contribution in [1.29, 1.82) is 0 Å².